The van der Waals surface area contributed by atoms with Crippen LogP contribution in [0.4, 0.5) is 11.4 Å². The predicted molar refractivity (Wildman–Crippen MR) is 85.9 cm³/mol. The Hall–Kier alpha value is -2.73. The van der Waals surface area contributed by atoms with Crippen molar-refractivity contribution in [3.05, 3.63) is 47.5 Å². The lowest BCUT2D eigenvalue weighted by atomic mass is 10.2. The van der Waals surface area contributed by atoms with E-state index in [-0.39, 0.29) is 13.2 Å². The highest BCUT2D eigenvalue weighted by molar-refractivity contribution is 6.30. The van der Waals surface area contributed by atoms with Crippen LogP contribution in [0.3, 0.4) is 0 Å². The van der Waals surface area contributed by atoms with Crippen LogP contribution < -0.4 is 20.1 Å². The van der Waals surface area contributed by atoms with E-state index in [1.54, 1.807) is 42.5 Å². The van der Waals surface area contributed by atoms with Crippen molar-refractivity contribution in [2.24, 2.45) is 0 Å². The Morgan fingerprint density at radius 2 is 1.52 bits per heavy atom. The van der Waals surface area contributed by atoms with Crippen LogP contribution >= 0.6 is 11.6 Å². The van der Waals surface area contributed by atoms with Crippen molar-refractivity contribution >= 4 is 34.8 Å². The van der Waals surface area contributed by atoms with E-state index >= 15 is 0 Å². The molecule has 2 aromatic carbocycles. The molecular formula is C16H13ClN2O4. The van der Waals surface area contributed by atoms with Gasteiger partial charge in [-0.3, -0.25) is 9.59 Å². The normalized spacial score (nSPS) is 11.9. The number of benzene rings is 2. The van der Waals surface area contributed by atoms with E-state index in [0.717, 1.165) is 0 Å². The summed E-state index contributed by atoms with van der Waals surface area (Å²) in [5.74, 6) is 0.359. The highest BCUT2D eigenvalue weighted by Gasteiger charge is 2.15. The number of hydrogen-bond acceptors (Lipinski definition) is 4. The van der Waals surface area contributed by atoms with Gasteiger partial charge in [-0.1, -0.05) is 11.6 Å². The number of ether oxygens (including phenoxy) is 2. The lowest BCUT2D eigenvalue weighted by molar-refractivity contribution is -0.123. The van der Waals surface area contributed by atoms with E-state index in [0.29, 0.717) is 27.9 Å². The third-order valence-electron chi connectivity index (χ3n) is 3.11. The monoisotopic (exact) mass is 332 g/mol. The van der Waals surface area contributed by atoms with Gasteiger partial charge in [0.25, 0.3) is 0 Å². The first-order valence-corrected chi connectivity index (χ1v) is 7.23. The van der Waals surface area contributed by atoms with Crippen molar-refractivity contribution in [1.29, 1.82) is 0 Å². The second-order valence-corrected chi connectivity index (χ2v) is 5.28. The highest BCUT2D eigenvalue weighted by Crippen LogP contribution is 2.34. The van der Waals surface area contributed by atoms with Gasteiger partial charge >= 0.3 is 0 Å². The average Bonchev–Trinajstić information content (AvgIpc) is 2.97. The van der Waals surface area contributed by atoms with Crippen molar-refractivity contribution in [1.82, 2.24) is 0 Å². The lowest BCUT2D eigenvalue weighted by Crippen LogP contribution is -2.21. The zero-order valence-electron chi connectivity index (χ0n) is 12.0. The number of carbonyl (C=O) groups excluding carboxylic acids is 2. The molecule has 0 radical (unpaired) electrons. The highest BCUT2D eigenvalue weighted by atomic mass is 35.5. The van der Waals surface area contributed by atoms with E-state index in [4.69, 9.17) is 21.1 Å². The van der Waals surface area contributed by atoms with E-state index in [1.807, 2.05) is 0 Å². The summed E-state index contributed by atoms with van der Waals surface area (Å²) < 4.78 is 10.4. The summed E-state index contributed by atoms with van der Waals surface area (Å²) in [6, 6.07) is 11.7. The first-order valence-electron chi connectivity index (χ1n) is 6.85. The zero-order valence-corrected chi connectivity index (χ0v) is 12.7. The van der Waals surface area contributed by atoms with Crippen molar-refractivity contribution in [2.45, 2.75) is 6.42 Å². The number of amides is 2. The molecule has 0 unspecified atom stereocenters. The molecule has 1 aliphatic heterocycles. The lowest BCUT2D eigenvalue weighted by Gasteiger charge is -2.07. The average molecular weight is 333 g/mol. The van der Waals surface area contributed by atoms with Gasteiger partial charge in [0.2, 0.25) is 18.6 Å². The van der Waals surface area contributed by atoms with E-state index in [1.165, 1.54) is 0 Å². The molecule has 1 heterocycles. The summed E-state index contributed by atoms with van der Waals surface area (Å²) in [7, 11) is 0. The fourth-order valence-electron chi connectivity index (χ4n) is 2.06. The van der Waals surface area contributed by atoms with E-state index in [9.17, 15) is 9.59 Å². The smallest absolute Gasteiger partial charge is 0.233 e. The molecule has 118 valence electrons. The molecule has 0 aromatic heterocycles. The number of fused-ring (bicyclic) bond motifs is 1. The first kappa shape index (κ1) is 15.2. The molecule has 0 atom stereocenters. The standard InChI is InChI=1S/C16H13ClN2O4/c17-10-1-3-11(4-2-10)18-15(20)8-16(21)19-12-5-6-13-14(7-12)23-9-22-13/h1-7H,8-9H2,(H,18,20)(H,19,21). The number of hydrogen-bond donors (Lipinski definition) is 2. The molecule has 0 saturated carbocycles. The van der Waals surface area contributed by atoms with Crippen LogP contribution in [0.15, 0.2) is 42.5 Å². The van der Waals surface area contributed by atoms with Gasteiger partial charge in [0.15, 0.2) is 11.5 Å². The van der Waals surface area contributed by atoms with Crippen LogP contribution in [0, 0.1) is 0 Å². The summed E-state index contributed by atoms with van der Waals surface area (Å²) in [5.41, 5.74) is 1.12. The SMILES string of the molecule is O=C(CC(=O)Nc1ccc2c(c1)OCO2)Nc1ccc(Cl)cc1. The molecule has 0 aliphatic carbocycles. The molecule has 6 nitrogen and oxygen atoms in total. The Morgan fingerprint density at radius 3 is 2.26 bits per heavy atom. The first-order chi connectivity index (χ1) is 11.1. The van der Waals surface area contributed by atoms with Crippen LogP contribution in [0.1, 0.15) is 6.42 Å². The van der Waals surface area contributed by atoms with Crippen LogP contribution in [-0.2, 0) is 9.59 Å². The summed E-state index contributed by atoms with van der Waals surface area (Å²) in [5, 5.41) is 5.84. The minimum Gasteiger partial charge on any atom is -0.454 e. The van der Waals surface area contributed by atoms with Gasteiger partial charge in [0.05, 0.1) is 0 Å². The maximum absolute atomic E-state index is 11.9. The van der Waals surface area contributed by atoms with Crippen LogP contribution in [-0.4, -0.2) is 18.6 Å². The van der Waals surface area contributed by atoms with Crippen molar-refractivity contribution in [2.75, 3.05) is 17.4 Å². The third kappa shape index (κ3) is 3.92. The molecule has 0 fully saturated rings. The fourth-order valence-corrected chi connectivity index (χ4v) is 2.19. The summed E-state index contributed by atoms with van der Waals surface area (Å²) in [6.07, 6.45) is -0.295. The molecule has 3 rings (SSSR count). The maximum atomic E-state index is 11.9. The van der Waals surface area contributed by atoms with Crippen LogP contribution in [0.25, 0.3) is 0 Å². The Bertz CT molecular complexity index is 746. The largest absolute Gasteiger partial charge is 0.454 e. The molecule has 2 N–H and O–H groups in total. The third-order valence-corrected chi connectivity index (χ3v) is 3.36. The topological polar surface area (TPSA) is 76.7 Å². The van der Waals surface area contributed by atoms with Crippen LogP contribution in [0.5, 0.6) is 11.5 Å². The summed E-state index contributed by atoms with van der Waals surface area (Å²) >= 11 is 5.77. The number of nitrogens with one attached hydrogen (secondary N) is 2. The molecule has 7 heteroatoms. The second-order valence-electron chi connectivity index (χ2n) is 4.85. The van der Waals surface area contributed by atoms with E-state index in [2.05, 4.69) is 10.6 Å². The van der Waals surface area contributed by atoms with Gasteiger partial charge in [0.1, 0.15) is 6.42 Å². The molecule has 0 saturated heterocycles. The Morgan fingerprint density at radius 1 is 0.913 bits per heavy atom. The summed E-state index contributed by atoms with van der Waals surface area (Å²) in [4.78, 5) is 23.7. The van der Waals surface area contributed by atoms with Crippen LogP contribution in [0.2, 0.25) is 5.02 Å². The van der Waals surface area contributed by atoms with Crippen molar-refractivity contribution < 1.29 is 19.1 Å². The minimum atomic E-state index is -0.421. The van der Waals surface area contributed by atoms with Gasteiger partial charge in [-0.05, 0) is 36.4 Å². The van der Waals surface area contributed by atoms with Gasteiger partial charge in [-0.15, -0.1) is 0 Å². The number of carbonyl (C=O) groups is 2. The van der Waals surface area contributed by atoms with Gasteiger partial charge in [-0.25, -0.2) is 0 Å². The van der Waals surface area contributed by atoms with Crippen molar-refractivity contribution in [3.8, 4) is 11.5 Å². The number of anilines is 2. The fraction of sp³-hybridized carbons (Fsp3) is 0.125. The molecule has 23 heavy (non-hydrogen) atoms. The number of rotatable bonds is 4. The molecular weight excluding hydrogens is 320 g/mol. The number of halogens is 1. The summed E-state index contributed by atoms with van der Waals surface area (Å²) in [6.45, 7) is 0.163. The Kier molecular flexibility index (Phi) is 4.34. The maximum Gasteiger partial charge on any atom is 0.233 e. The molecule has 0 spiro atoms. The van der Waals surface area contributed by atoms with Gasteiger partial charge in [-0.2, -0.15) is 0 Å². The Balaban J connectivity index is 1.54. The molecule has 0 bridgehead atoms. The predicted octanol–water partition coefficient (Wildman–Crippen LogP) is 3.04. The van der Waals surface area contributed by atoms with Gasteiger partial charge in [0, 0.05) is 22.5 Å². The Labute approximate surface area is 137 Å². The van der Waals surface area contributed by atoms with E-state index < -0.39 is 11.8 Å². The van der Waals surface area contributed by atoms with Gasteiger partial charge < -0.3 is 20.1 Å². The molecule has 2 amide bonds. The molecule has 2 aromatic rings. The van der Waals surface area contributed by atoms with Crippen molar-refractivity contribution in [3.63, 3.8) is 0 Å². The zero-order chi connectivity index (χ0) is 16.2. The quantitative estimate of drug-likeness (QED) is 0.844. The molecule has 1 aliphatic rings. The minimum absolute atomic E-state index is 0.163. The second kappa shape index (κ2) is 6.58.